The van der Waals surface area contributed by atoms with Gasteiger partial charge in [0.1, 0.15) is 5.82 Å². The van der Waals surface area contributed by atoms with Crippen LogP contribution < -0.4 is 0 Å². The number of aryl methyl sites for hydroxylation is 2. The molecule has 1 amide bonds. The van der Waals surface area contributed by atoms with E-state index in [1.165, 1.54) is 17.5 Å². The lowest BCUT2D eigenvalue weighted by atomic mass is 9.86. The molecule has 0 saturated heterocycles. The number of aromatic nitrogens is 3. The van der Waals surface area contributed by atoms with Gasteiger partial charge in [-0.05, 0) is 30.4 Å². The fourth-order valence-corrected chi connectivity index (χ4v) is 4.41. The molecule has 0 N–H and O–H groups in total. The molecule has 1 aliphatic rings. The van der Waals surface area contributed by atoms with Crippen LogP contribution in [0.2, 0.25) is 0 Å². The molecule has 0 saturated carbocycles. The quantitative estimate of drug-likeness (QED) is 0.473. The zero-order valence-corrected chi connectivity index (χ0v) is 17.4. The largest absolute Gasteiger partial charge is 0.443 e. The maximum Gasteiger partial charge on any atom is 0.277 e. The molecule has 1 atom stereocenters. The van der Waals surface area contributed by atoms with Crippen molar-refractivity contribution >= 4 is 5.91 Å². The van der Waals surface area contributed by atoms with Gasteiger partial charge in [-0.2, -0.15) is 0 Å². The molecule has 0 bridgehead atoms. The molecule has 6 heteroatoms. The lowest BCUT2D eigenvalue weighted by Gasteiger charge is -2.35. The molecule has 156 valence electrons. The molecule has 2 aromatic heterocycles. The predicted molar refractivity (Wildman–Crippen MR) is 117 cm³/mol. The highest BCUT2D eigenvalue weighted by atomic mass is 16.3. The van der Waals surface area contributed by atoms with Crippen molar-refractivity contribution in [3.05, 3.63) is 96.0 Å². The van der Waals surface area contributed by atoms with E-state index in [0.29, 0.717) is 18.0 Å². The summed E-state index contributed by atoms with van der Waals surface area (Å²) in [6.07, 6.45) is 8.00. The molecule has 0 spiro atoms. The molecule has 2 heterocycles. The second-order valence-electron chi connectivity index (χ2n) is 7.89. The standard InChI is InChI=1S/C25H24N4O2/c1-28-15-14-26-22(28)16-29(21-13-7-11-18-8-5-6-12-20(18)21)25(30)23-24(31-17-27-23)19-9-3-2-4-10-19/h2-6,8-10,12,14-15,17,21H,7,11,13,16H2,1H3/t21-/m0/s1. The minimum atomic E-state index is -0.141. The van der Waals surface area contributed by atoms with Crippen LogP contribution in [0.4, 0.5) is 0 Å². The van der Waals surface area contributed by atoms with Gasteiger partial charge in [-0.15, -0.1) is 0 Å². The number of benzene rings is 2. The Kier molecular flexibility index (Phi) is 5.12. The van der Waals surface area contributed by atoms with Crippen molar-refractivity contribution in [2.24, 2.45) is 7.05 Å². The second-order valence-corrected chi connectivity index (χ2v) is 7.89. The summed E-state index contributed by atoms with van der Waals surface area (Å²) in [4.78, 5) is 24.6. The van der Waals surface area contributed by atoms with Gasteiger partial charge in [0.2, 0.25) is 0 Å². The van der Waals surface area contributed by atoms with Crippen molar-refractivity contribution in [1.29, 1.82) is 0 Å². The van der Waals surface area contributed by atoms with Crippen molar-refractivity contribution in [2.75, 3.05) is 0 Å². The smallest absolute Gasteiger partial charge is 0.277 e. The molecule has 0 aliphatic heterocycles. The summed E-state index contributed by atoms with van der Waals surface area (Å²) in [6, 6.07) is 18.0. The van der Waals surface area contributed by atoms with E-state index in [4.69, 9.17) is 4.42 Å². The zero-order chi connectivity index (χ0) is 21.2. The Hall–Kier alpha value is -3.67. The number of fused-ring (bicyclic) bond motifs is 1. The maximum atomic E-state index is 13.9. The topological polar surface area (TPSA) is 64.2 Å². The van der Waals surface area contributed by atoms with Crippen molar-refractivity contribution in [1.82, 2.24) is 19.4 Å². The third-order valence-corrected chi connectivity index (χ3v) is 6.01. The number of hydrogen-bond acceptors (Lipinski definition) is 4. The molecular weight excluding hydrogens is 388 g/mol. The summed E-state index contributed by atoms with van der Waals surface area (Å²) in [5.41, 5.74) is 3.69. The minimum Gasteiger partial charge on any atom is -0.443 e. The van der Waals surface area contributed by atoms with Crippen molar-refractivity contribution < 1.29 is 9.21 Å². The second kappa shape index (κ2) is 8.22. The van der Waals surface area contributed by atoms with Gasteiger partial charge in [0.25, 0.3) is 5.91 Å². The summed E-state index contributed by atoms with van der Waals surface area (Å²) < 4.78 is 7.61. The third-order valence-electron chi connectivity index (χ3n) is 6.01. The maximum absolute atomic E-state index is 13.9. The van der Waals surface area contributed by atoms with E-state index in [2.05, 4.69) is 28.2 Å². The monoisotopic (exact) mass is 412 g/mol. The van der Waals surface area contributed by atoms with Crippen LogP contribution in [-0.4, -0.2) is 25.3 Å². The van der Waals surface area contributed by atoms with Crippen molar-refractivity contribution in [2.45, 2.75) is 31.8 Å². The first-order chi connectivity index (χ1) is 15.2. The van der Waals surface area contributed by atoms with Crippen LogP contribution in [0.1, 0.15) is 46.3 Å². The van der Waals surface area contributed by atoms with Crippen LogP contribution in [0.25, 0.3) is 11.3 Å². The Labute approximate surface area is 181 Å². The van der Waals surface area contributed by atoms with E-state index in [1.807, 2.05) is 59.1 Å². The minimum absolute atomic E-state index is 0.0329. The van der Waals surface area contributed by atoms with Crippen molar-refractivity contribution in [3.8, 4) is 11.3 Å². The average Bonchev–Trinajstić information content (AvgIpc) is 3.46. The lowest BCUT2D eigenvalue weighted by molar-refractivity contribution is 0.0625. The van der Waals surface area contributed by atoms with Gasteiger partial charge in [0, 0.05) is 25.0 Å². The summed E-state index contributed by atoms with van der Waals surface area (Å²) in [6.45, 7) is 0.405. The van der Waals surface area contributed by atoms with Gasteiger partial charge >= 0.3 is 0 Å². The number of imidazole rings is 1. The van der Waals surface area contributed by atoms with Gasteiger partial charge in [-0.3, -0.25) is 4.79 Å². The molecule has 6 nitrogen and oxygen atoms in total. The third kappa shape index (κ3) is 3.65. The van der Waals surface area contributed by atoms with E-state index in [9.17, 15) is 4.79 Å². The molecule has 4 aromatic rings. The highest BCUT2D eigenvalue weighted by Gasteiger charge is 2.33. The first-order valence-electron chi connectivity index (χ1n) is 10.6. The molecule has 5 rings (SSSR count). The Morgan fingerprint density at radius 1 is 1.13 bits per heavy atom. The molecule has 0 fully saturated rings. The molecular formula is C25H24N4O2. The molecule has 0 unspecified atom stereocenters. The van der Waals surface area contributed by atoms with Crippen LogP contribution in [0.5, 0.6) is 0 Å². The van der Waals surface area contributed by atoms with Gasteiger partial charge < -0.3 is 13.9 Å². The molecule has 31 heavy (non-hydrogen) atoms. The van der Waals surface area contributed by atoms with E-state index >= 15 is 0 Å². The first-order valence-corrected chi connectivity index (χ1v) is 10.6. The number of rotatable bonds is 5. The fourth-order valence-electron chi connectivity index (χ4n) is 4.41. The molecule has 1 aliphatic carbocycles. The zero-order valence-electron chi connectivity index (χ0n) is 17.4. The Balaban J connectivity index is 1.57. The van der Waals surface area contributed by atoms with E-state index in [1.54, 1.807) is 6.20 Å². The molecule has 2 aromatic carbocycles. The van der Waals surface area contributed by atoms with Crippen LogP contribution in [-0.2, 0) is 20.0 Å². The molecule has 0 radical (unpaired) electrons. The average molecular weight is 412 g/mol. The van der Waals surface area contributed by atoms with Crippen LogP contribution in [0.15, 0.2) is 77.8 Å². The van der Waals surface area contributed by atoms with E-state index in [-0.39, 0.29) is 11.9 Å². The first kappa shape index (κ1) is 19.3. The van der Waals surface area contributed by atoms with Crippen molar-refractivity contribution in [3.63, 3.8) is 0 Å². The van der Waals surface area contributed by atoms with Crippen LogP contribution in [0, 0.1) is 0 Å². The van der Waals surface area contributed by atoms with Crippen LogP contribution in [0.3, 0.4) is 0 Å². The SMILES string of the molecule is Cn1ccnc1CN(C(=O)c1ncoc1-c1ccccc1)[C@H]1CCCc2ccccc21. The Bertz CT molecular complexity index is 1190. The highest BCUT2D eigenvalue weighted by molar-refractivity contribution is 5.97. The summed E-state index contributed by atoms with van der Waals surface area (Å²) in [5.74, 6) is 1.19. The van der Waals surface area contributed by atoms with Gasteiger partial charge in [0.05, 0.1) is 12.6 Å². The summed E-state index contributed by atoms with van der Waals surface area (Å²) >= 11 is 0. The number of amides is 1. The summed E-state index contributed by atoms with van der Waals surface area (Å²) in [5, 5.41) is 0. The highest BCUT2D eigenvalue weighted by Crippen LogP contribution is 2.36. The fraction of sp³-hybridized carbons (Fsp3) is 0.240. The van der Waals surface area contributed by atoms with Gasteiger partial charge in [-0.1, -0.05) is 54.6 Å². The number of carbonyl (C=O) groups excluding carboxylic acids is 1. The van der Waals surface area contributed by atoms with Gasteiger partial charge in [0.15, 0.2) is 17.8 Å². The van der Waals surface area contributed by atoms with E-state index in [0.717, 1.165) is 30.7 Å². The Morgan fingerprint density at radius 3 is 2.74 bits per heavy atom. The predicted octanol–water partition coefficient (Wildman–Crippen LogP) is 4.80. The normalized spacial score (nSPS) is 15.5. The number of carbonyl (C=O) groups is 1. The Morgan fingerprint density at radius 2 is 1.94 bits per heavy atom. The van der Waals surface area contributed by atoms with E-state index < -0.39 is 0 Å². The van der Waals surface area contributed by atoms with Gasteiger partial charge in [-0.25, -0.2) is 9.97 Å². The van der Waals surface area contributed by atoms with Crippen LogP contribution >= 0.6 is 0 Å². The number of oxazole rings is 1. The lowest BCUT2D eigenvalue weighted by Crippen LogP contribution is -2.37. The number of nitrogens with zero attached hydrogens (tertiary/aromatic N) is 4. The number of hydrogen-bond donors (Lipinski definition) is 0. The summed E-state index contributed by atoms with van der Waals surface area (Å²) in [7, 11) is 1.95.